The standard InChI is InChI=1S/C25H29N3O/c1-5-28(18-19-9-7-6-8-10-19)23-15-20(16-26-17-23)24(29)27-22-13-11-21(12-14-22)25(2,3)4/h6-17H,5,18H2,1-4H3,(H,27,29). The van der Waals surface area contributed by atoms with Crippen molar-refractivity contribution in [3.8, 4) is 0 Å². The van der Waals surface area contributed by atoms with E-state index >= 15 is 0 Å². The highest BCUT2D eigenvalue weighted by Crippen LogP contribution is 2.24. The van der Waals surface area contributed by atoms with Crippen molar-refractivity contribution in [2.45, 2.75) is 39.7 Å². The molecule has 4 heteroatoms. The summed E-state index contributed by atoms with van der Waals surface area (Å²) in [5, 5.41) is 2.97. The summed E-state index contributed by atoms with van der Waals surface area (Å²) < 4.78 is 0. The number of amides is 1. The van der Waals surface area contributed by atoms with E-state index in [0.29, 0.717) is 5.56 Å². The number of rotatable bonds is 6. The molecule has 2 aromatic carbocycles. The molecule has 3 rings (SSSR count). The predicted molar refractivity (Wildman–Crippen MR) is 120 cm³/mol. The van der Waals surface area contributed by atoms with Gasteiger partial charge in [0.2, 0.25) is 0 Å². The van der Waals surface area contributed by atoms with Gasteiger partial charge in [0.05, 0.1) is 17.4 Å². The fraction of sp³-hybridized carbons (Fsp3) is 0.280. The highest BCUT2D eigenvalue weighted by Gasteiger charge is 2.14. The molecule has 0 bridgehead atoms. The molecule has 0 fully saturated rings. The highest BCUT2D eigenvalue weighted by atomic mass is 16.1. The Balaban J connectivity index is 1.73. The van der Waals surface area contributed by atoms with E-state index in [1.54, 1.807) is 12.4 Å². The van der Waals surface area contributed by atoms with Crippen molar-refractivity contribution in [1.82, 2.24) is 4.98 Å². The van der Waals surface area contributed by atoms with Crippen molar-refractivity contribution in [3.63, 3.8) is 0 Å². The monoisotopic (exact) mass is 387 g/mol. The Labute approximate surface area is 173 Å². The molecule has 0 spiro atoms. The van der Waals surface area contributed by atoms with Crippen LogP contribution < -0.4 is 10.2 Å². The van der Waals surface area contributed by atoms with Crippen molar-refractivity contribution in [2.75, 3.05) is 16.8 Å². The number of nitrogens with one attached hydrogen (secondary N) is 1. The second-order valence-corrected chi connectivity index (χ2v) is 8.21. The minimum absolute atomic E-state index is 0.0865. The molecule has 0 saturated heterocycles. The summed E-state index contributed by atoms with van der Waals surface area (Å²) in [5.74, 6) is -0.154. The Hall–Kier alpha value is -3.14. The Morgan fingerprint density at radius 1 is 1.00 bits per heavy atom. The van der Waals surface area contributed by atoms with Gasteiger partial charge in [-0.2, -0.15) is 0 Å². The molecule has 1 aromatic heterocycles. The molecule has 0 aliphatic rings. The van der Waals surface area contributed by atoms with Gasteiger partial charge in [0.15, 0.2) is 0 Å². The first kappa shape index (κ1) is 20.6. The lowest BCUT2D eigenvalue weighted by molar-refractivity contribution is 0.102. The van der Waals surface area contributed by atoms with Gasteiger partial charge in [-0.3, -0.25) is 9.78 Å². The average Bonchev–Trinajstić information content (AvgIpc) is 2.72. The fourth-order valence-corrected chi connectivity index (χ4v) is 3.17. The van der Waals surface area contributed by atoms with Crippen LogP contribution in [0.2, 0.25) is 0 Å². The second-order valence-electron chi connectivity index (χ2n) is 8.21. The summed E-state index contributed by atoms with van der Waals surface area (Å²) >= 11 is 0. The number of hydrogen-bond acceptors (Lipinski definition) is 3. The van der Waals surface area contributed by atoms with Gasteiger partial charge >= 0.3 is 0 Å². The van der Waals surface area contributed by atoms with E-state index in [2.05, 4.69) is 67.2 Å². The molecule has 0 atom stereocenters. The fourth-order valence-electron chi connectivity index (χ4n) is 3.17. The van der Waals surface area contributed by atoms with Gasteiger partial charge in [-0.05, 0) is 41.7 Å². The summed E-state index contributed by atoms with van der Waals surface area (Å²) in [6, 6.07) is 20.2. The first-order chi connectivity index (χ1) is 13.9. The van der Waals surface area contributed by atoms with Crippen molar-refractivity contribution in [3.05, 3.63) is 89.7 Å². The topological polar surface area (TPSA) is 45.2 Å². The van der Waals surface area contributed by atoms with Gasteiger partial charge in [-0.1, -0.05) is 63.2 Å². The molecule has 0 saturated carbocycles. The molecule has 0 unspecified atom stereocenters. The van der Waals surface area contributed by atoms with Crippen LogP contribution in [0.1, 0.15) is 49.2 Å². The zero-order valence-electron chi connectivity index (χ0n) is 17.6. The average molecular weight is 388 g/mol. The molecule has 29 heavy (non-hydrogen) atoms. The Kier molecular flexibility index (Phi) is 6.32. The summed E-state index contributed by atoms with van der Waals surface area (Å²) in [6.45, 7) is 10.2. The van der Waals surface area contributed by atoms with E-state index in [-0.39, 0.29) is 11.3 Å². The molecule has 0 radical (unpaired) electrons. The maximum Gasteiger partial charge on any atom is 0.257 e. The third kappa shape index (κ3) is 5.44. The smallest absolute Gasteiger partial charge is 0.257 e. The van der Waals surface area contributed by atoms with E-state index in [9.17, 15) is 4.79 Å². The zero-order valence-corrected chi connectivity index (χ0v) is 17.6. The number of carbonyl (C=O) groups excluding carboxylic acids is 1. The first-order valence-corrected chi connectivity index (χ1v) is 10.0. The Bertz CT molecular complexity index is 944. The van der Waals surface area contributed by atoms with E-state index in [1.807, 2.05) is 36.4 Å². The SMILES string of the molecule is CCN(Cc1ccccc1)c1cncc(C(=O)Nc2ccc(C(C)(C)C)cc2)c1. The van der Waals surface area contributed by atoms with Gasteiger partial charge in [0.1, 0.15) is 0 Å². The molecule has 4 nitrogen and oxygen atoms in total. The Morgan fingerprint density at radius 2 is 1.69 bits per heavy atom. The van der Waals surface area contributed by atoms with Gasteiger partial charge in [-0.15, -0.1) is 0 Å². The summed E-state index contributed by atoms with van der Waals surface area (Å²) in [7, 11) is 0. The zero-order chi connectivity index (χ0) is 20.9. The number of nitrogens with zero attached hydrogens (tertiary/aromatic N) is 2. The Morgan fingerprint density at radius 3 is 2.31 bits per heavy atom. The summed E-state index contributed by atoms with van der Waals surface area (Å²) in [4.78, 5) is 19.3. The van der Waals surface area contributed by atoms with Crippen LogP contribution in [0.15, 0.2) is 73.1 Å². The van der Waals surface area contributed by atoms with Crippen molar-refractivity contribution < 1.29 is 4.79 Å². The molecule has 1 amide bonds. The summed E-state index contributed by atoms with van der Waals surface area (Å²) in [6.07, 6.45) is 3.42. The number of anilines is 2. The number of carbonyl (C=O) groups is 1. The largest absolute Gasteiger partial charge is 0.366 e. The van der Waals surface area contributed by atoms with Crippen LogP contribution in [-0.4, -0.2) is 17.4 Å². The van der Waals surface area contributed by atoms with Crippen molar-refractivity contribution in [1.29, 1.82) is 0 Å². The third-order valence-corrected chi connectivity index (χ3v) is 4.96. The van der Waals surface area contributed by atoms with Crippen molar-refractivity contribution in [2.24, 2.45) is 0 Å². The molecular weight excluding hydrogens is 358 g/mol. The van der Waals surface area contributed by atoms with Gasteiger partial charge in [-0.25, -0.2) is 0 Å². The molecular formula is C25H29N3O. The summed E-state index contributed by atoms with van der Waals surface area (Å²) in [5.41, 5.74) is 4.82. The molecule has 150 valence electrons. The van der Waals surface area contributed by atoms with Crippen LogP contribution in [0, 0.1) is 0 Å². The van der Waals surface area contributed by atoms with Crippen LogP contribution in [0.3, 0.4) is 0 Å². The van der Waals surface area contributed by atoms with Gasteiger partial charge in [0, 0.05) is 25.0 Å². The van der Waals surface area contributed by atoms with Crippen LogP contribution in [0.25, 0.3) is 0 Å². The quantitative estimate of drug-likeness (QED) is 0.594. The van der Waals surface area contributed by atoms with Crippen LogP contribution in [0.5, 0.6) is 0 Å². The second kappa shape index (κ2) is 8.91. The van der Waals surface area contributed by atoms with E-state index in [1.165, 1.54) is 11.1 Å². The third-order valence-electron chi connectivity index (χ3n) is 4.96. The van der Waals surface area contributed by atoms with Crippen molar-refractivity contribution >= 4 is 17.3 Å². The maximum absolute atomic E-state index is 12.7. The number of aromatic nitrogens is 1. The lowest BCUT2D eigenvalue weighted by Crippen LogP contribution is -2.23. The van der Waals surface area contributed by atoms with Crippen LogP contribution >= 0.6 is 0 Å². The van der Waals surface area contributed by atoms with Crippen LogP contribution in [-0.2, 0) is 12.0 Å². The molecule has 1 heterocycles. The van der Waals surface area contributed by atoms with E-state index in [4.69, 9.17) is 0 Å². The molecule has 0 aliphatic heterocycles. The number of hydrogen-bond donors (Lipinski definition) is 1. The van der Waals surface area contributed by atoms with E-state index in [0.717, 1.165) is 24.5 Å². The predicted octanol–water partition coefficient (Wildman–Crippen LogP) is 5.66. The minimum atomic E-state index is -0.154. The van der Waals surface area contributed by atoms with Crippen LogP contribution in [0.4, 0.5) is 11.4 Å². The number of pyridine rings is 1. The number of benzene rings is 2. The maximum atomic E-state index is 12.7. The molecule has 0 aliphatic carbocycles. The molecule has 3 aromatic rings. The first-order valence-electron chi connectivity index (χ1n) is 10.0. The lowest BCUT2D eigenvalue weighted by atomic mass is 9.87. The highest BCUT2D eigenvalue weighted by molar-refractivity contribution is 6.04. The molecule has 1 N–H and O–H groups in total. The lowest BCUT2D eigenvalue weighted by Gasteiger charge is -2.23. The minimum Gasteiger partial charge on any atom is -0.366 e. The van der Waals surface area contributed by atoms with Gasteiger partial charge < -0.3 is 10.2 Å². The van der Waals surface area contributed by atoms with Gasteiger partial charge in [0.25, 0.3) is 5.91 Å². The van der Waals surface area contributed by atoms with E-state index < -0.39 is 0 Å². The normalized spacial score (nSPS) is 11.2.